The van der Waals surface area contributed by atoms with Crippen molar-refractivity contribution in [2.24, 2.45) is 10.8 Å². The lowest BCUT2D eigenvalue weighted by Gasteiger charge is -2.14. The third-order valence-corrected chi connectivity index (χ3v) is 2.71. The van der Waals surface area contributed by atoms with Gasteiger partial charge in [-0.15, -0.1) is 0 Å². The van der Waals surface area contributed by atoms with E-state index in [0.717, 1.165) is 10.0 Å². The van der Waals surface area contributed by atoms with Gasteiger partial charge in [-0.25, -0.2) is 10.2 Å². The highest BCUT2D eigenvalue weighted by molar-refractivity contribution is 9.10. The molecule has 0 saturated carbocycles. The van der Waals surface area contributed by atoms with Gasteiger partial charge in [0, 0.05) is 10.0 Å². The van der Waals surface area contributed by atoms with E-state index in [1.54, 1.807) is 19.2 Å². The van der Waals surface area contributed by atoms with Gasteiger partial charge in [-0.3, -0.25) is 0 Å². The van der Waals surface area contributed by atoms with Crippen LogP contribution in [0.2, 0.25) is 0 Å². The lowest BCUT2D eigenvalue weighted by molar-refractivity contribution is 0.230. The monoisotopic (exact) mass is 329 g/mol. The standard InChI is InChI=1S/C12H16BrN3O3/c1-7(2)19-11-5-9(13)8(4-10(11)18-3)6-15-16-12(14)17/h4-7H,1-3H3,(H3,14,16,17). The number of urea groups is 1. The van der Waals surface area contributed by atoms with Crippen LogP contribution in [-0.2, 0) is 0 Å². The first-order valence-corrected chi connectivity index (χ1v) is 6.36. The van der Waals surface area contributed by atoms with Crippen molar-refractivity contribution in [1.29, 1.82) is 0 Å². The lowest BCUT2D eigenvalue weighted by atomic mass is 10.2. The molecule has 0 bridgehead atoms. The Hall–Kier alpha value is -1.76. The third kappa shape index (κ3) is 4.78. The number of carbonyl (C=O) groups excluding carboxylic acids is 1. The fourth-order valence-corrected chi connectivity index (χ4v) is 1.75. The van der Waals surface area contributed by atoms with Gasteiger partial charge in [0.25, 0.3) is 0 Å². The Morgan fingerprint density at radius 1 is 1.47 bits per heavy atom. The molecule has 1 aromatic rings. The number of nitrogens with one attached hydrogen (secondary N) is 1. The van der Waals surface area contributed by atoms with E-state index >= 15 is 0 Å². The van der Waals surface area contributed by atoms with Gasteiger partial charge >= 0.3 is 6.03 Å². The van der Waals surface area contributed by atoms with Crippen molar-refractivity contribution < 1.29 is 14.3 Å². The molecule has 2 amide bonds. The quantitative estimate of drug-likeness (QED) is 0.641. The molecule has 0 fully saturated rings. The first-order valence-electron chi connectivity index (χ1n) is 5.56. The number of nitrogens with zero attached hydrogens (tertiary/aromatic N) is 1. The maximum Gasteiger partial charge on any atom is 0.332 e. The molecule has 3 N–H and O–H groups in total. The molecule has 104 valence electrons. The predicted molar refractivity (Wildman–Crippen MR) is 76.8 cm³/mol. The average molecular weight is 330 g/mol. The molecule has 0 aliphatic rings. The fraction of sp³-hybridized carbons (Fsp3) is 0.333. The van der Waals surface area contributed by atoms with E-state index in [1.807, 2.05) is 13.8 Å². The van der Waals surface area contributed by atoms with E-state index in [1.165, 1.54) is 6.21 Å². The molecule has 0 heterocycles. The summed E-state index contributed by atoms with van der Waals surface area (Å²) >= 11 is 3.40. The number of ether oxygens (including phenoxy) is 2. The number of rotatable bonds is 5. The SMILES string of the molecule is COc1cc(C=NNC(N)=O)c(Br)cc1OC(C)C. The van der Waals surface area contributed by atoms with Crippen molar-refractivity contribution in [1.82, 2.24) is 5.43 Å². The minimum absolute atomic E-state index is 0.0387. The Labute approximate surface area is 120 Å². The summed E-state index contributed by atoms with van der Waals surface area (Å²) in [4.78, 5) is 10.5. The molecule has 0 spiro atoms. The zero-order chi connectivity index (χ0) is 14.4. The zero-order valence-electron chi connectivity index (χ0n) is 10.9. The number of hydrogen-bond acceptors (Lipinski definition) is 4. The van der Waals surface area contributed by atoms with Crippen molar-refractivity contribution in [2.75, 3.05) is 7.11 Å². The smallest absolute Gasteiger partial charge is 0.332 e. The van der Waals surface area contributed by atoms with Crippen LogP contribution in [0.5, 0.6) is 11.5 Å². The third-order valence-electron chi connectivity index (χ3n) is 2.02. The molecule has 0 aliphatic heterocycles. The van der Waals surface area contributed by atoms with Gasteiger partial charge in [-0.2, -0.15) is 5.10 Å². The maximum atomic E-state index is 10.5. The van der Waals surface area contributed by atoms with Crippen LogP contribution in [0.15, 0.2) is 21.7 Å². The molecule has 6 nitrogen and oxygen atoms in total. The molecule has 7 heteroatoms. The minimum Gasteiger partial charge on any atom is -0.493 e. The summed E-state index contributed by atoms with van der Waals surface area (Å²) in [7, 11) is 1.55. The number of carbonyl (C=O) groups is 1. The molecule has 19 heavy (non-hydrogen) atoms. The van der Waals surface area contributed by atoms with Crippen LogP contribution in [0.3, 0.4) is 0 Å². The van der Waals surface area contributed by atoms with Crippen LogP contribution < -0.4 is 20.6 Å². The summed E-state index contributed by atoms with van der Waals surface area (Å²) in [5.74, 6) is 1.21. The molecular weight excluding hydrogens is 314 g/mol. The summed E-state index contributed by atoms with van der Waals surface area (Å²) in [6.07, 6.45) is 1.49. The number of primary amides is 1. The van der Waals surface area contributed by atoms with Crippen LogP contribution in [0, 0.1) is 0 Å². The Morgan fingerprint density at radius 3 is 2.68 bits per heavy atom. The summed E-state index contributed by atoms with van der Waals surface area (Å²) < 4.78 is 11.6. The van der Waals surface area contributed by atoms with Gasteiger partial charge in [0.1, 0.15) is 0 Å². The maximum absolute atomic E-state index is 10.5. The predicted octanol–water partition coefficient (Wildman–Crippen LogP) is 2.25. The number of benzene rings is 1. The number of nitrogens with two attached hydrogens (primary N) is 1. The summed E-state index contributed by atoms with van der Waals surface area (Å²) in [6, 6.07) is 2.80. The van der Waals surface area contributed by atoms with E-state index in [4.69, 9.17) is 15.2 Å². The first kappa shape index (κ1) is 15.3. The normalized spacial score (nSPS) is 10.8. The molecule has 1 aromatic carbocycles. The van der Waals surface area contributed by atoms with E-state index in [0.29, 0.717) is 11.5 Å². The van der Waals surface area contributed by atoms with Gasteiger partial charge in [-0.1, -0.05) is 0 Å². The second-order valence-corrected chi connectivity index (χ2v) is 4.78. The Bertz CT molecular complexity index is 489. The topological polar surface area (TPSA) is 85.9 Å². The first-order chi connectivity index (χ1) is 8.93. The Morgan fingerprint density at radius 2 is 2.16 bits per heavy atom. The molecule has 0 radical (unpaired) electrons. The molecule has 0 atom stereocenters. The van der Waals surface area contributed by atoms with E-state index in [2.05, 4.69) is 26.5 Å². The molecule has 1 rings (SSSR count). The second-order valence-electron chi connectivity index (χ2n) is 3.93. The van der Waals surface area contributed by atoms with Gasteiger partial charge in [0.05, 0.1) is 19.4 Å². The summed E-state index contributed by atoms with van der Waals surface area (Å²) in [6.45, 7) is 3.86. The number of hydrazone groups is 1. The summed E-state index contributed by atoms with van der Waals surface area (Å²) in [5, 5.41) is 3.69. The van der Waals surface area contributed by atoms with Crippen LogP contribution >= 0.6 is 15.9 Å². The molecule has 0 aromatic heterocycles. The minimum atomic E-state index is -0.723. The van der Waals surface area contributed by atoms with E-state index in [9.17, 15) is 4.79 Å². The van der Waals surface area contributed by atoms with Crippen molar-refractivity contribution in [3.05, 3.63) is 22.2 Å². The van der Waals surface area contributed by atoms with Gasteiger partial charge in [0.15, 0.2) is 11.5 Å². The molecule has 0 unspecified atom stereocenters. The van der Waals surface area contributed by atoms with Gasteiger partial charge < -0.3 is 15.2 Å². The van der Waals surface area contributed by atoms with Crippen molar-refractivity contribution in [3.63, 3.8) is 0 Å². The molecule has 0 saturated heterocycles. The number of methoxy groups -OCH3 is 1. The zero-order valence-corrected chi connectivity index (χ0v) is 12.5. The van der Waals surface area contributed by atoms with Crippen LogP contribution in [-0.4, -0.2) is 25.5 Å². The summed E-state index contributed by atoms with van der Waals surface area (Å²) in [5.41, 5.74) is 7.75. The number of halogens is 1. The van der Waals surface area contributed by atoms with E-state index < -0.39 is 6.03 Å². The van der Waals surface area contributed by atoms with Crippen LogP contribution in [0.1, 0.15) is 19.4 Å². The highest BCUT2D eigenvalue weighted by atomic mass is 79.9. The highest BCUT2D eigenvalue weighted by Gasteiger charge is 2.10. The van der Waals surface area contributed by atoms with Crippen molar-refractivity contribution >= 4 is 28.2 Å². The van der Waals surface area contributed by atoms with E-state index in [-0.39, 0.29) is 6.10 Å². The average Bonchev–Trinajstić information content (AvgIpc) is 2.30. The van der Waals surface area contributed by atoms with Gasteiger partial charge in [-0.05, 0) is 41.9 Å². The van der Waals surface area contributed by atoms with Crippen LogP contribution in [0.25, 0.3) is 0 Å². The Kier molecular flexibility index (Phi) is 5.62. The molecule has 0 aliphatic carbocycles. The number of hydrogen-bond donors (Lipinski definition) is 2. The second kappa shape index (κ2) is 6.98. The van der Waals surface area contributed by atoms with Gasteiger partial charge in [0.2, 0.25) is 0 Å². The molecular formula is C12H16BrN3O3. The fourth-order valence-electron chi connectivity index (χ4n) is 1.32. The largest absolute Gasteiger partial charge is 0.493 e. The van der Waals surface area contributed by atoms with Crippen molar-refractivity contribution in [2.45, 2.75) is 20.0 Å². The highest BCUT2D eigenvalue weighted by Crippen LogP contribution is 2.33. The number of amides is 2. The lowest BCUT2D eigenvalue weighted by Crippen LogP contribution is -2.24. The van der Waals surface area contributed by atoms with Crippen LogP contribution in [0.4, 0.5) is 4.79 Å². The van der Waals surface area contributed by atoms with Crippen molar-refractivity contribution in [3.8, 4) is 11.5 Å². The Balaban J connectivity index is 3.01.